The number of nitrogens with zero attached hydrogens (tertiary/aromatic N) is 2. The molecule has 49 heavy (non-hydrogen) atoms. The van der Waals surface area contributed by atoms with Gasteiger partial charge >= 0.3 is 0 Å². The average molecular weight is 645 g/mol. The van der Waals surface area contributed by atoms with Gasteiger partial charge in [0.25, 0.3) is 0 Å². The lowest BCUT2D eigenvalue weighted by atomic mass is 9.80. The minimum Gasteiger partial charge on any atom is -0.310 e. The van der Waals surface area contributed by atoms with Crippen LogP contribution in [0, 0.1) is 0 Å². The summed E-state index contributed by atoms with van der Waals surface area (Å²) in [5, 5.41) is 8.68. The minimum absolute atomic E-state index is 0.160. The lowest BCUT2D eigenvalue weighted by Gasteiger charge is -2.26. The van der Waals surface area contributed by atoms with Crippen molar-refractivity contribution in [3.05, 3.63) is 169 Å². The van der Waals surface area contributed by atoms with Gasteiger partial charge in [-0.3, -0.25) is 0 Å². The highest BCUT2D eigenvalue weighted by atomic mass is 32.1. The molecule has 2 nitrogen and oxygen atoms in total. The number of thiazole rings is 1. The molecule has 3 heteroatoms. The van der Waals surface area contributed by atoms with Crippen LogP contribution in [0.1, 0.15) is 25.0 Å². The van der Waals surface area contributed by atoms with Gasteiger partial charge in [0, 0.05) is 33.4 Å². The van der Waals surface area contributed by atoms with Gasteiger partial charge in [-0.1, -0.05) is 111 Å². The summed E-state index contributed by atoms with van der Waals surface area (Å²) in [6.45, 7) is 4.79. The first-order valence-corrected chi connectivity index (χ1v) is 17.7. The van der Waals surface area contributed by atoms with E-state index in [9.17, 15) is 0 Å². The molecule has 0 N–H and O–H groups in total. The van der Waals surface area contributed by atoms with E-state index in [2.05, 4.69) is 176 Å². The number of para-hydroxylation sites is 2. The van der Waals surface area contributed by atoms with E-state index in [-0.39, 0.29) is 5.41 Å². The van der Waals surface area contributed by atoms with Crippen LogP contribution in [0.2, 0.25) is 0 Å². The molecule has 1 aliphatic carbocycles. The van der Waals surface area contributed by atoms with Gasteiger partial charge in [-0.05, 0) is 110 Å². The summed E-state index contributed by atoms with van der Waals surface area (Å²) in [7, 11) is 0. The largest absolute Gasteiger partial charge is 0.310 e. The number of hydrogen-bond donors (Lipinski definition) is 0. The van der Waals surface area contributed by atoms with Crippen molar-refractivity contribution >= 4 is 70.9 Å². The molecule has 10 rings (SSSR count). The Bertz CT molecular complexity index is 2700. The van der Waals surface area contributed by atoms with Crippen molar-refractivity contribution in [2.24, 2.45) is 0 Å². The lowest BCUT2D eigenvalue weighted by molar-refractivity contribution is 0.667. The Kier molecular flexibility index (Phi) is 6.12. The summed E-state index contributed by atoms with van der Waals surface area (Å²) in [4.78, 5) is 7.47. The van der Waals surface area contributed by atoms with Gasteiger partial charge in [0.2, 0.25) is 0 Å². The molecule has 0 saturated heterocycles. The zero-order valence-electron chi connectivity index (χ0n) is 27.3. The molecular formula is C46H32N2S. The Morgan fingerprint density at radius 1 is 0.510 bits per heavy atom. The van der Waals surface area contributed by atoms with Gasteiger partial charge in [-0.15, -0.1) is 11.3 Å². The second-order valence-corrected chi connectivity index (χ2v) is 14.6. The Labute approximate surface area is 289 Å². The first-order valence-electron chi connectivity index (χ1n) is 16.9. The highest BCUT2D eigenvalue weighted by Crippen LogP contribution is 2.53. The predicted octanol–water partition coefficient (Wildman–Crippen LogP) is 13.2. The molecule has 0 spiro atoms. The van der Waals surface area contributed by atoms with Crippen molar-refractivity contribution in [2.45, 2.75) is 19.3 Å². The highest BCUT2D eigenvalue weighted by Gasteiger charge is 2.37. The summed E-state index contributed by atoms with van der Waals surface area (Å²) in [6, 6.07) is 57.4. The Balaban J connectivity index is 1.10. The molecule has 1 heterocycles. The summed E-state index contributed by atoms with van der Waals surface area (Å²) in [5.41, 5.74) is 11.0. The second kappa shape index (κ2) is 10.6. The highest BCUT2D eigenvalue weighted by molar-refractivity contribution is 7.22. The van der Waals surface area contributed by atoms with E-state index < -0.39 is 0 Å². The second-order valence-electron chi connectivity index (χ2n) is 13.6. The Hall–Kier alpha value is -5.77. The summed E-state index contributed by atoms with van der Waals surface area (Å²) < 4.78 is 1.26. The van der Waals surface area contributed by atoms with Crippen molar-refractivity contribution in [1.29, 1.82) is 0 Å². The van der Waals surface area contributed by atoms with Gasteiger partial charge in [-0.2, -0.15) is 0 Å². The summed E-state index contributed by atoms with van der Waals surface area (Å²) in [6.07, 6.45) is 0. The summed E-state index contributed by atoms with van der Waals surface area (Å²) >= 11 is 1.80. The number of hydrogen-bond acceptors (Lipinski definition) is 3. The maximum absolute atomic E-state index is 5.13. The van der Waals surface area contributed by atoms with Crippen LogP contribution < -0.4 is 4.90 Å². The molecule has 0 aliphatic heterocycles. The van der Waals surface area contributed by atoms with Crippen LogP contribution in [-0.4, -0.2) is 4.98 Å². The third-order valence-electron chi connectivity index (χ3n) is 10.4. The normalized spacial score (nSPS) is 13.3. The van der Waals surface area contributed by atoms with Crippen LogP contribution in [0.5, 0.6) is 0 Å². The topological polar surface area (TPSA) is 16.1 Å². The molecule has 0 saturated carbocycles. The third-order valence-corrected chi connectivity index (χ3v) is 11.5. The van der Waals surface area contributed by atoms with E-state index >= 15 is 0 Å². The molecule has 0 radical (unpaired) electrons. The SMILES string of the molecule is CC1(C)c2cc3cc(N(c4ccccc4)c4ccccc4)ccc3cc2-c2ccc3c(ccc4nc(-c5ccc6ccccc6c5)sc43)c21. The van der Waals surface area contributed by atoms with Gasteiger partial charge in [0.1, 0.15) is 5.01 Å². The molecule has 8 aromatic carbocycles. The van der Waals surface area contributed by atoms with Crippen molar-refractivity contribution in [3.8, 4) is 21.7 Å². The Morgan fingerprint density at radius 2 is 1.18 bits per heavy atom. The smallest absolute Gasteiger partial charge is 0.124 e. The van der Waals surface area contributed by atoms with E-state index in [1.807, 2.05) is 0 Å². The van der Waals surface area contributed by atoms with Crippen molar-refractivity contribution in [3.63, 3.8) is 0 Å². The van der Waals surface area contributed by atoms with Crippen molar-refractivity contribution < 1.29 is 0 Å². The van der Waals surface area contributed by atoms with Crippen LogP contribution >= 0.6 is 11.3 Å². The molecule has 0 amide bonds. The van der Waals surface area contributed by atoms with E-state index in [0.717, 1.165) is 27.6 Å². The van der Waals surface area contributed by atoms with Crippen LogP contribution in [0.3, 0.4) is 0 Å². The van der Waals surface area contributed by atoms with Crippen LogP contribution in [0.25, 0.3) is 64.2 Å². The lowest BCUT2D eigenvalue weighted by Crippen LogP contribution is -2.15. The quantitative estimate of drug-likeness (QED) is 0.189. The minimum atomic E-state index is -0.160. The molecule has 1 aliphatic rings. The number of fused-ring (bicyclic) bond motifs is 9. The van der Waals surface area contributed by atoms with E-state index in [1.54, 1.807) is 11.3 Å². The summed E-state index contributed by atoms with van der Waals surface area (Å²) in [5.74, 6) is 0. The maximum atomic E-state index is 5.13. The van der Waals surface area contributed by atoms with Crippen molar-refractivity contribution in [1.82, 2.24) is 4.98 Å². The molecule has 9 aromatic rings. The first-order chi connectivity index (χ1) is 24.0. The first kappa shape index (κ1) is 28.3. The van der Waals surface area contributed by atoms with Crippen LogP contribution in [-0.2, 0) is 5.41 Å². The fraction of sp³-hybridized carbons (Fsp3) is 0.0652. The van der Waals surface area contributed by atoms with Gasteiger partial charge in [-0.25, -0.2) is 4.98 Å². The molecular weight excluding hydrogens is 613 g/mol. The van der Waals surface area contributed by atoms with Gasteiger partial charge < -0.3 is 4.90 Å². The third kappa shape index (κ3) is 4.36. The molecule has 0 bridgehead atoms. The van der Waals surface area contributed by atoms with E-state index in [1.165, 1.54) is 64.8 Å². The van der Waals surface area contributed by atoms with Crippen LogP contribution in [0.4, 0.5) is 17.1 Å². The van der Waals surface area contributed by atoms with Gasteiger partial charge in [0.05, 0.1) is 10.2 Å². The molecule has 0 atom stereocenters. The monoisotopic (exact) mass is 644 g/mol. The zero-order chi connectivity index (χ0) is 32.7. The molecule has 0 unspecified atom stereocenters. The fourth-order valence-electron chi connectivity index (χ4n) is 8.03. The zero-order valence-corrected chi connectivity index (χ0v) is 28.1. The number of aromatic nitrogens is 1. The van der Waals surface area contributed by atoms with Gasteiger partial charge in [0.15, 0.2) is 0 Å². The van der Waals surface area contributed by atoms with Crippen molar-refractivity contribution in [2.75, 3.05) is 4.90 Å². The predicted molar refractivity (Wildman–Crippen MR) is 210 cm³/mol. The van der Waals surface area contributed by atoms with E-state index in [4.69, 9.17) is 4.98 Å². The molecule has 1 aromatic heterocycles. The van der Waals surface area contributed by atoms with E-state index in [0.29, 0.717) is 0 Å². The maximum Gasteiger partial charge on any atom is 0.124 e. The number of benzene rings is 8. The number of anilines is 3. The Morgan fingerprint density at radius 3 is 1.96 bits per heavy atom. The molecule has 0 fully saturated rings. The van der Waals surface area contributed by atoms with Crippen LogP contribution in [0.15, 0.2) is 158 Å². The number of rotatable bonds is 4. The fourth-order valence-corrected chi connectivity index (χ4v) is 9.12. The average Bonchev–Trinajstić information content (AvgIpc) is 3.68. The molecule has 232 valence electrons. The standard InChI is InChI=1S/C46H32N2S/c1-46(2)41-28-33-26-36(48(34-13-5-3-6-14-34)35-15-7-4-8-16-35)20-19-31(33)27-40(41)38-21-22-39-37(43(38)46)23-24-42-44(39)49-45(47-42)32-18-17-29-11-9-10-12-30(29)25-32/h3-28H,1-2H3.